The summed E-state index contributed by atoms with van der Waals surface area (Å²) in [6.07, 6.45) is 4.64. The molecular formula is C9H18Si-. The highest BCUT2D eigenvalue weighted by Crippen LogP contribution is 2.08. The lowest BCUT2D eigenvalue weighted by molar-refractivity contribution is 1.01. The van der Waals surface area contributed by atoms with Gasteiger partial charge in [-0.25, -0.2) is 18.7 Å². The Kier molecular flexibility index (Phi) is 6.82. The van der Waals surface area contributed by atoms with E-state index < -0.39 is 0 Å². The molecule has 0 spiro atoms. The van der Waals surface area contributed by atoms with Gasteiger partial charge in [-0.1, -0.05) is 38.8 Å². The minimum atomic E-state index is -0.140. The smallest absolute Gasteiger partial charge is 0.0225 e. The summed E-state index contributed by atoms with van der Waals surface area (Å²) < 4.78 is 0. The molecule has 0 aliphatic heterocycles. The largest absolute Gasteiger partial charge is 0.245 e. The maximum absolute atomic E-state index is 3.73. The van der Waals surface area contributed by atoms with Gasteiger partial charge in [0.15, 0.2) is 0 Å². The lowest BCUT2D eigenvalue weighted by atomic mass is 10.6. The molecule has 0 N–H and O–H groups in total. The third-order valence-electron chi connectivity index (χ3n) is 1.50. The van der Waals surface area contributed by atoms with Crippen LogP contribution in [0.2, 0.25) is 12.1 Å². The van der Waals surface area contributed by atoms with Crippen LogP contribution >= 0.6 is 0 Å². The first-order valence-electron chi connectivity index (χ1n) is 4.15. The van der Waals surface area contributed by atoms with Gasteiger partial charge in [-0.15, -0.1) is 0 Å². The first-order chi connectivity index (χ1) is 4.85. The number of allylic oxidation sites excluding steroid dienone is 1. The summed E-state index contributed by atoms with van der Waals surface area (Å²) in [7, 11) is -0.140. The van der Waals surface area contributed by atoms with Gasteiger partial charge >= 0.3 is 0 Å². The average molecular weight is 154 g/mol. The van der Waals surface area contributed by atoms with E-state index in [0.717, 1.165) is 0 Å². The van der Waals surface area contributed by atoms with Gasteiger partial charge in [-0.3, -0.25) is 0 Å². The average Bonchev–Trinajstić information content (AvgIpc) is 1.90. The summed E-state index contributed by atoms with van der Waals surface area (Å²) >= 11 is 0. The summed E-state index contributed by atoms with van der Waals surface area (Å²) in [5.74, 6) is 0. The molecule has 0 unspecified atom stereocenters. The van der Waals surface area contributed by atoms with Crippen molar-refractivity contribution in [2.24, 2.45) is 0 Å². The number of hydrogen-bond acceptors (Lipinski definition) is 0. The van der Waals surface area contributed by atoms with Gasteiger partial charge in [0.25, 0.3) is 0 Å². The zero-order valence-corrected chi connectivity index (χ0v) is 8.19. The standard InChI is InChI=1S/C9H18Si/c1-4-7-10(8-5-2)9-6-3/h4,7H,1,5-6,8-9H2,2-3H3/q-1. The Balaban J connectivity index is 3.38. The van der Waals surface area contributed by atoms with E-state index in [4.69, 9.17) is 0 Å². The van der Waals surface area contributed by atoms with Crippen molar-refractivity contribution in [2.75, 3.05) is 0 Å². The van der Waals surface area contributed by atoms with Crippen LogP contribution in [0.3, 0.4) is 0 Å². The minimum Gasteiger partial charge on any atom is -0.245 e. The van der Waals surface area contributed by atoms with Crippen molar-refractivity contribution in [3.05, 3.63) is 18.7 Å². The van der Waals surface area contributed by atoms with Crippen LogP contribution < -0.4 is 0 Å². The van der Waals surface area contributed by atoms with E-state index in [1.807, 2.05) is 6.08 Å². The van der Waals surface area contributed by atoms with E-state index in [0.29, 0.717) is 0 Å². The second-order valence-corrected chi connectivity index (χ2v) is 5.21. The predicted molar refractivity (Wildman–Crippen MR) is 50.4 cm³/mol. The van der Waals surface area contributed by atoms with Gasteiger partial charge in [-0.05, 0) is 8.80 Å². The highest BCUT2D eigenvalue weighted by atomic mass is 28.3. The first-order valence-corrected chi connectivity index (χ1v) is 6.14. The topological polar surface area (TPSA) is 0 Å². The van der Waals surface area contributed by atoms with Crippen LogP contribution in [-0.4, -0.2) is 8.80 Å². The number of hydrogen-bond donors (Lipinski definition) is 0. The van der Waals surface area contributed by atoms with Gasteiger partial charge in [-0.2, -0.15) is 0 Å². The second-order valence-electron chi connectivity index (χ2n) is 2.56. The van der Waals surface area contributed by atoms with Crippen LogP contribution in [0.1, 0.15) is 26.7 Å². The Morgan fingerprint density at radius 2 is 1.80 bits per heavy atom. The van der Waals surface area contributed by atoms with Crippen LogP contribution in [0.5, 0.6) is 0 Å². The zero-order valence-electron chi connectivity index (χ0n) is 7.19. The van der Waals surface area contributed by atoms with E-state index in [1.165, 1.54) is 24.9 Å². The SMILES string of the molecule is C=C[CH-][Si](CCC)CCC. The Morgan fingerprint density at radius 3 is 2.10 bits per heavy atom. The van der Waals surface area contributed by atoms with E-state index in [9.17, 15) is 0 Å². The first kappa shape index (κ1) is 9.83. The normalized spacial score (nSPS) is 9.90. The lowest BCUT2D eigenvalue weighted by Crippen LogP contribution is -2.10. The molecule has 59 valence electrons. The van der Waals surface area contributed by atoms with Crippen LogP contribution in [-0.2, 0) is 0 Å². The van der Waals surface area contributed by atoms with Crippen molar-refractivity contribution in [1.82, 2.24) is 0 Å². The third kappa shape index (κ3) is 4.68. The van der Waals surface area contributed by atoms with Gasteiger partial charge in [0.05, 0.1) is 0 Å². The monoisotopic (exact) mass is 154 g/mol. The summed E-state index contributed by atoms with van der Waals surface area (Å²) in [4.78, 5) is 0. The maximum atomic E-state index is 3.73. The third-order valence-corrected chi connectivity index (χ3v) is 4.49. The highest BCUT2D eigenvalue weighted by Gasteiger charge is 1.99. The van der Waals surface area contributed by atoms with Gasteiger partial charge < -0.3 is 0 Å². The fourth-order valence-corrected chi connectivity index (χ4v) is 3.30. The minimum absolute atomic E-state index is 0.140. The van der Waals surface area contributed by atoms with Crippen LogP contribution in [0, 0.1) is 6.04 Å². The Morgan fingerprint density at radius 1 is 1.30 bits per heavy atom. The molecule has 0 aromatic carbocycles. The molecule has 0 saturated heterocycles. The summed E-state index contributed by atoms with van der Waals surface area (Å²) in [5.41, 5.74) is 0. The Labute approximate surface area is 66.9 Å². The molecule has 0 nitrogen and oxygen atoms in total. The van der Waals surface area contributed by atoms with Gasteiger partial charge in [0, 0.05) is 0 Å². The molecule has 0 fully saturated rings. The molecular weight excluding hydrogens is 136 g/mol. The number of rotatable bonds is 6. The van der Waals surface area contributed by atoms with E-state index in [2.05, 4.69) is 26.5 Å². The highest BCUT2D eigenvalue weighted by molar-refractivity contribution is 6.63. The molecule has 0 rings (SSSR count). The van der Waals surface area contributed by atoms with Crippen molar-refractivity contribution < 1.29 is 0 Å². The molecule has 0 atom stereocenters. The van der Waals surface area contributed by atoms with Crippen molar-refractivity contribution >= 4 is 8.80 Å². The van der Waals surface area contributed by atoms with Crippen LogP contribution in [0.15, 0.2) is 12.7 Å². The molecule has 0 aromatic rings. The molecule has 0 amide bonds. The van der Waals surface area contributed by atoms with E-state index >= 15 is 0 Å². The fourth-order valence-electron chi connectivity index (χ4n) is 1.10. The van der Waals surface area contributed by atoms with Gasteiger partial charge in [0.2, 0.25) is 0 Å². The zero-order chi connectivity index (χ0) is 7.82. The van der Waals surface area contributed by atoms with E-state index in [1.54, 1.807) is 0 Å². The predicted octanol–water partition coefficient (Wildman–Crippen LogP) is 3.23. The summed E-state index contributed by atoms with van der Waals surface area (Å²) in [6.45, 7) is 8.26. The molecule has 1 heteroatoms. The molecule has 0 aromatic heterocycles. The van der Waals surface area contributed by atoms with Crippen LogP contribution in [0.4, 0.5) is 0 Å². The molecule has 0 aliphatic rings. The molecule has 1 radical (unpaired) electrons. The molecule has 0 aliphatic carbocycles. The lowest BCUT2D eigenvalue weighted by Gasteiger charge is -2.15. The van der Waals surface area contributed by atoms with Crippen LogP contribution in [0.25, 0.3) is 0 Å². The van der Waals surface area contributed by atoms with Crippen molar-refractivity contribution in [3.8, 4) is 0 Å². The van der Waals surface area contributed by atoms with Crippen molar-refractivity contribution in [1.29, 1.82) is 0 Å². The molecule has 0 bridgehead atoms. The Hall–Kier alpha value is -0.173. The quantitative estimate of drug-likeness (QED) is 0.407. The van der Waals surface area contributed by atoms with E-state index in [-0.39, 0.29) is 8.80 Å². The Bertz CT molecular complexity index is 72.8. The molecule has 0 heterocycles. The van der Waals surface area contributed by atoms with Crippen molar-refractivity contribution in [3.63, 3.8) is 0 Å². The van der Waals surface area contributed by atoms with Crippen molar-refractivity contribution in [2.45, 2.75) is 38.8 Å². The second kappa shape index (κ2) is 6.94. The summed E-state index contributed by atoms with van der Waals surface area (Å²) in [6, 6.07) is 5.17. The molecule has 0 saturated carbocycles. The maximum Gasteiger partial charge on any atom is -0.0225 e. The summed E-state index contributed by atoms with van der Waals surface area (Å²) in [5, 5.41) is 0. The fraction of sp³-hybridized carbons (Fsp3) is 0.667. The molecule has 10 heavy (non-hydrogen) atoms. The van der Waals surface area contributed by atoms with Gasteiger partial charge in [0.1, 0.15) is 0 Å².